The van der Waals surface area contributed by atoms with E-state index >= 15 is 0 Å². The first kappa shape index (κ1) is 8.72. The van der Waals surface area contributed by atoms with Crippen molar-refractivity contribution in [2.45, 2.75) is 4.21 Å². The Morgan fingerprint density at radius 1 is 1.31 bits per heavy atom. The molecular weight excluding hydrogens is 205 g/mol. The van der Waals surface area contributed by atoms with Crippen molar-refractivity contribution >= 4 is 24.0 Å². The van der Waals surface area contributed by atoms with Crippen LogP contribution in [0, 0.1) is 5.82 Å². The minimum absolute atomic E-state index is 0.245. The first-order valence-electron chi connectivity index (χ1n) is 3.67. The lowest BCUT2D eigenvalue weighted by Gasteiger charge is -1.96. The van der Waals surface area contributed by atoms with Gasteiger partial charge in [0.1, 0.15) is 10.8 Å². The number of benzene rings is 1. The van der Waals surface area contributed by atoms with Gasteiger partial charge in [-0.05, 0) is 12.1 Å². The maximum Gasteiger partial charge on any atom is 0.133 e. The lowest BCUT2D eigenvalue weighted by molar-refractivity contribution is 0.631. The lowest BCUT2D eigenvalue weighted by Crippen LogP contribution is -1.80. The number of thiazole rings is 1. The number of rotatable bonds is 1. The van der Waals surface area contributed by atoms with E-state index < -0.39 is 0 Å². The fourth-order valence-corrected chi connectivity index (χ4v) is 2.03. The van der Waals surface area contributed by atoms with Gasteiger partial charge >= 0.3 is 0 Å². The van der Waals surface area contributed by atoms with Crippen LogP contribution in [-0.2, 0) is 0 Å². The molecule has 0 radical (unpaired) electrons. The highest BCUT2D eigenvalue weighted by molar-refractivity contribution is 7.83. The van der Waals surface area contributed by atoms with Crippen LogP contribution in [-0.4, -0.2) is 4.98 Å². The van der Waals surface area contributed by atoms with Gasteiger partial charge in [-0.1, -0.05) is 12.1 Å². The van der Waals surface area contributed by atoms with E-state index in [-0.39, 0.29) is 5.82 Å². The molecule has 13 heavy (non-hydrogen) atoms. The van der Waals surface area contributed by atoms with E-state index in [1.54, 1.807) is 24.4 Å². The zero-order chi connectivity index (χ0) is 9.26. The van der Waals surface area contributed by atoms with Crippen LogP contribution in [0.25, 0.3) is 10.6 Å². The van der Waals surface area contributed by atoms with E-state index in [2.05, 4.69) is 17.6 Å². The highest BCUT2D eigenvalue weighted by atomic mass is 32.2. The van der Waals surface area contributed by atoms with E-state index in [4.69, 9.17) is 0 Å². The van der Waals surface area contributed by atoms with Crippen LogP contribution >= 0.6 is 24.0 Å². The van der Waals surface area contributed by atoms with Crippen LogP contribution in [0.2, 0.25) is 0 Å². The molecule has 0 atom stereocenters. The number of hydrogen-bond donors (Lipinski definition) is 1. The molecule has 0 saturated heterocycles. The Hall–Kier alpha value is -0.870. The van der Waals surface area contributed by atoms with Crippen molar-refractivity contribution in [3.8, 4) is 10.6 Å². The average molecular weight is 211 g/mol. The highest BCUT2D eigenvalue weighted by Gasteiger charge is 2.06. The van der Waals surface area contributed by atoms with Gasteiger partial charge in [0.2, 0.25) is 0 Å². The fourth-order valence-electron chi connectivity index (χ4n) is 1.02. The topological polar surface area (TPSA) is 12.9 Å². The van der Waals surface area contributed by atoms with Crippen LogP contribution < -0.4 is 0 Å². The van der Waals surface area contributed by atoms with E-state index in [9.17, 15) is 4.39 Å². The van der Waals surface area contributed by atoms with Gasteiger partial charge in [0.05, 0.1) is 10.4 Å². The fraction of sp³-hybridized carbons (Fsp3) is 0. The summed E-state index contributed by atoms with van der Waals surface area (Å²) >= 11 is 5.49. The predicted molar refractivity (Wildman–Crippen MR) is 54.8 cm³/mol. The quantitative estimate of drug-likeness (QED) is 0.714. The Morgan fingerprint density at radius 2 is 2.08 bits per heavy atom. The van der Waals surface area contributed by atoms with Gasteiger partial charge in [0.15, 0.2) is 0 Å². The Morgan fingerprint density at radius 3 is 2.69 bits per heavy atom. The monoisotopic (exact) mass is 211 g/mol. The molecule has 4 heteroatoms. The van der Waals surface area contributed by atoms with E-state index in [0.29, 0.717) is 10.6 Å². The summed E-state index contributed by atoms with van der Waals surface area (Å²) in [6.07, 6.45) is 1.62. The molecule has 0 N–H and O–H groups in total. The Kier molecular flexibility index (Phi) is 2.33. The maximum absolute atomic E-state index is 13.2. The second-order valence-electron chi connectivity index (χ2n) is 2.48. The lowest BCUT2D eigenvalue weighted by atomic mass is 10.2. The second-order valence-corrected chi connectivity index (χ2v) is 4.30. The second kappa shape index (κ2) is 3.47. The molecule has 1 aromatic carbocycles. The molecule has 0 aliphatic carbocycles. The predicted octanol–water partition coefficient (Wildman–Crippen LogP) is 3.24. The van der Waals surface area contributed by atoms with Crippen molar-refractivity contribution < 1.29 is 4.39 Å². The van der Waals surface area contributed by atoms with Crippen LogP contribution in [0.5, 0.6) is 0 Å². The molecule has 0 aliphatic rings. The van der Waals surface area contributed by atoms with Gasteiger partial charge in [-0.25, -0.2) is 9.37 Å². The molecular formula is C9H6FNS2. The largest absolute Gasteiger partial charge is 0.243 e. The van der Waals surface area contributed by atoms with Crippen LogP contribution in [0.3, 0.4) is 0 Å². The molecule has 0 fully saturated rings. The third-order valence-electron chi connectivity index (χ3n) is 1.60. The molecule has 0 saturated carbocycles. The van der Waals surface area contributed by atoms with Gasteiger partial charge in [-0.15, -0.1) is 24.0 Å². The molecule has 1 aromatic heterocycles. The van der Waals surface area contributed by atoms with Crippen molar-refractivity contribution in [3.05, 3.63) is 36.3 Å². The molecule has 0 aliphatic heterocycles. The van der Waals surface area contributed by atoms with Crippen molar-refractivity contribution in [1.29, 1.82) is 0 Å². The Labute approximate surface area is 84.7 Å². The SMILES string of the molecule is Fc1ccccc1-c1ncc(S)s1. The van der Waals surface area contributed by atoms with Gasteiger partial charge < -0.3 is 0 Å². The maximum atomic E-state index is 13.2. The average Bonchev–Trinajstić information content (AvgIpc) is 2.53. The number of nitrogens with zero attached hydrogens (tertiary/aromatic N) is 1. The molecule has 66 valence electrons. The van der Waals surface area contributed by atoms with Gasteiger partial charge in [0.25, 0.3) is 0 Å². The Bertz CT molecular complexity index is 425. The number of hydrogen-bond acceptors (Lipinski definition) is 3. The summed E-state index contributed by atoms with van der Waals surface area (Å²) in [4.78, 5) is 4.05. The van der Waals surface area contributed by atoms with Crippen molar-refractivity contribution in [2.75, 3.05) is 0 Å². The summed E-state index contributed by atoms with van der Waals surface area (Å²) in [6.45, 7) is 0. The summed E-state index contributed by atoms with van der Waals surface area (Å²) < 4.78 is 14.0. The van der Waals surface area contributed by atoms with E-state index in [1.165, 1.54) is 17.4 Å². The molecule has 1 nitrogen and oxygen atoms in total. The van der Waals surface area contributed by atoms with Gasteiger partial charge in [0, 0.05) is 5.56 Å². The summed E-state index contributed by atoms with van der Waals surface area (Å²) in [5.41, 5.74) is 0.535. The zero-order valence-electron chi connectivity index (χ0n) is 6.57. The summed E-state index contributed by atoms with van der Waals surface area (Å²) in [5, 5.41) is 0.670. The Balaban J connectivity index is 2.52. The minimum Gasteiger partial charge on any atom is -0.243 e. The van der Waals surface area contributed by atoms with E-state index in [0.717, 1.165) is 4.21 Å². The molecule has 2 aromatic rings. The summed E-state index contributed by atoms with van der Waals surface area (Å²) in [6, 6.07) is 6.59. The van der Waals surface area contributed by atoms with Crippen LogP contribution in [0.4, 0.5) is 4.39 Å². The molecule has 2 rings (SSSR count). The van der Waals surface area contributed by atoms with Crippen LogP contribution in [0.15, 0.2) is 34.7 Å². The summed E-state index contributed by atoms with van der Waals surface area (Å²) in [7, 11) is 0. The molecule has 0 amide bonds. The molecule has 0 spiro atoms. The first-order chi connectivity index (χ1) is 6.27. The zero-order valence-corrected chi connectivity index (χ0v) is 8.28. The van der Waals surface area contributed by atoms with Crippen molar-refractivity contribution in [2.24, 2.45) is 0 Å². The molecule has 1 heterocycles. The van der Waals surface area contributed by atoms with E-state index in [1.807, 2.05) is 0 Å². The first-order valence-corrected chi connectivity index (χ1v) is 4.93. The van der Waals surface area contributed by atoms with Crippen molar-refractivity contribution in [1.82, 2.24) is 4.98 Å². The van der Waals surface area contributed by atoms with Gasteiger partial charge in [-0.2, -0.15) is 0 Å². The van der Waals surface area contributed by atoms with Crippen molar-refractivity contribution in [3.63, 3.8) is 0 Å². The number of aromatic nitrogens is 1. The third-order valence-corrected chi connectivity index (χ3v) is 2.82. The van der Waals surface area contributed by atoms with Crippen LogP contribution in [0.1, 0.15) is 0 Å². The standard InChI is InChI=1S/C9H6FNS2/c10-7-4-2-1-3-6(7)9-11-5-8(12)13-9/h1-5,12H. The highest BCUT2D eigenvalue weighted by Crippen LogP contribution is 2.28. The van der Waals surface area contributed by atoms with Gasteiger partial charge in [-0.3, -0.25) is 0 Å². The molecule has 0 unspecified atom stereocenters. The summed E-state index contributed by atoms with van der Waals surface area (Å²) in [5.74, 6) is -0.245. The number of halogens is 1. The number of thiol groups is 1. The minimum atomic E-state index is -0.245. The molecule has 0 bridgehead atoms. The smallest absolute Gasteiger partial charge is 0.133 e. The normalized spacial score (nSPS) is 10.3. The third kappa shape index (κ3) is 1.73.